The summed E-state index contributed by atoms with van der Waals surface area (Å²) < 4.78 is 0. The van der Waals surface area contributed by atoms with Crippen molar-refractivity contribution in [3.05, 3.63) is 35.3 Å². The van der Waals surface area contributed by atoms with Gasteiger partial charge in [0.25, 0.3) is 0 Å². The van der Waals surface area contributed by atoms with Crippen molar-refractivity contribution in [1.29, 1.82) is 0 Å². The van der Waals surface area contributed by atoms with E-state index in [1.54, 1.807) is 6.20 Å². The van der Waals surface area contributed by atoms with Gasteiger partial charge in [-0.05, 0) is 31.5 Å². The second-order valence-electron chi connectivity index (χ2n) is 4.12. The van der Waals surface area contributed by atoms with Crippen LogP contribution in [-0.4, -0.2) is 21.0 Å². The summed E-state index contributed by atoms with van der Waals surface area (Å²) >= 11 is 0. The van der Waals surface area contributed by atoms with Gasteiger partial charge in [0.1, 0.15) is 0 Å². The Bertz CT molecular complexity index is 579. The molecule has 0 aliphatic heterocycles. The van der Waals surface area contributed by atoms with Gasteiger partial charge in [-0.15, -0.1) is 0 Å². The van der Waals surface area contributed by atoms with E-state index in [4.69, 9.17) is 5.11 Å². The highest BCUT2D eigenvalue weighted by Gasteiger charge is 2.06. The molecule has 0 saturated carbocycles. The van der Waals surface area contributed by atoms with Gasteiger partial charge in [0.05, 0.1) is 11.9 Å². The maximum Gasteiger partial charge on any atom is 0.303 e. The van der Waals surface area contributed by atoms with E-state index in [2.05, 4.69) is 9.97 Å². The van der Waals surface area contributed by atoms with Gasteiger partial charge in [0.2, 0.25) is 0 Å². The molecule has 0 spiro atoms. The fourth-order valence-electron chi connectivity index (χ4n) is 1.79. The lowest BCUT2D eigenvalue weighted by Crippen LogP contribution is -2.00. The summed E-state index contributed by atoms with van der Waals surface area (Å²) in [5, 5.41) is 9.68. The van der Waals surface area contributed by atoms with E-state index in [0.29, 0.717) is 6.42 Å². The van der Waals surface area contributed by atoms with Gasteiger partial charge >= 0.3 is 5.97 Å². The van der Waals surface area contributed by atoms with Crippen LogP contribution in [0.1, 0.15) is 23.4 Å². The zero-order valence-corrected chi connectivity index (χ0v) is 9.90. The first-order chi connectivity index (χ1) is 8.08. The molecule has 0 aliphatic carbocycles. The second kappa shape index (κ2) is 4.49. The minimum atomic E-state index is -0.797. The van der Waals surface area contributed by atoms with Gasteiger partial charge in [-0.3, -0.25) is 14.8 Å². The third-order valence-electron chi connectivity index (χ3n) is 2.76. The number of pyridine rings is 2. The van der Waals surface area contributed by atoms with Crippen LogP contribution in [0.25, 0.3) is 10.9 Å². The molecule has 88 valence electrons. The molecule has 2 aromatic rings. The molecule has 4 heteroatoms. The van der Waals surface area contributed by atoms with Crippen LogP contribution in [0.2, 0.25) is 0 Å². The molecule has 0 unspecified atom stereocenters. The Kier molecular flexibility index (Phi) is 3.04. The van der Waals surface area contributed by atoms with Crippen LogP contribution in [0.4, 0.5) is 0 Å². The van der Waals surface area contributed by atoms with E-state index in [1.807, 2.05) is 26.0 Å². The van der Waals surface area contributed by atoms with Gasteiger partial charge in [-0.25, -0.2) is 0 Å². The zero-order valence-electron chi connectivity index (χ0n) is 9.90. The van der Waals surface area contributed by atoms with Crippen molar-refractivity contribution < 1.29 is 9.90 Å². The standard InChI is InChI=1S/C13H14N2O2/c1-8-7-14-9(2)11-5-3-10(15-13(8)11)4-6-12(16)17/h3,5,7H,4,6H2,1-2H3,(H,16,17). The average molecular weight is 230 g/mol. The largest absolute Gasteiger partial charge is 0.481 e. The van der Waals surface area contributed by atoms with Crippen LogP contribution in [0.15, 0.2) is 18.3 Å². The fourth-order valence-corrected chi connectivity index (χ4v) is 1.79. The molecule has 1 N–H and O–H groups in total. The first-order valence-corrected chi connectivity index (χ1v) is 5.51. The molecular weight excluding hydrogens is 216 g/mol. The number of carbonyl (C=O) groups is 1. The second-order valence-corrected chi connectivity index (χ2v) is 4.12. The highest BCUT2D eigenvalue weighted by Crippen LogP contribution is 2.19. The smallest absolute Gasteiger partial charge is 0.303 e. The third-order valence-corrected chi connectivity index (χ3v) is 2.76. The molecule has 0 saturated heterocycles. The first-order valence-electron chi connectivity index (χ1n) is 5.51. The summed E-state index contributed by atoms with van der Waals surface area (Å²) in [5.74, 6) is -0.797. The highest BCUT2D eigenvalue weighted by atomic mass is 16.4. The van der Waals surface area contributed by atoms with Crippen LogP contribution in [0.5, 0.6) is 0 Å². The zero-order chi connectivity index (χ0) is 12.4. The Morgan fingerprint density at radius 1 is 1.35 bits per heavy atom. The van der Waals surface area contributed by atoms with E-state index < -0.39 is 5.97 Å². The summed E-state index contributed by atoms with van der Waals surface area (Å²) in [6, 6.07) is 3.84. The minimum Gasteiger partial charge on any atom is -0.481 e. The number of carboxylic acid groups (broad SMARTS) is 1. The first kappa shape index (κ1) is 11.5. The van der Waals surface area contributed by atoms with E-state index in [0.717, 1.165) is 27.9 Å². The number of hydrogen-bond acceptors (Lipinski definition) is 3. The summed E-state index contributed by atoms with van der Waals surface area (Å²) in [7, 11) is 0. The molecule has 4 nitrogen and oxygen atoms in total. The van der Waals surface area contributed by atoms with Crippen molar-refractivity contribution in [3.8, 4) is 0 Å². The predicted molar refractivity (Wildman–Crippen MR) is 65.0 cm³/mol. The van der Waals surface area contributed by atoms with Crippen molar-refractivity contribution in [3.63, 3.8) is 0 Å². The normalized spacial score (nSPS) is 10.7. The molecule has 0 fully saturated rings. The number of aryl methyl sites for hydroxylation is 3. The molecular formula is C13H14N2O2. The van der Waals surface area contributed by atoms with Gasteiger partial charge in [0, 0.05) is 29.4 Å². The van der Waals surface area contributed by atoms with E-state index in [1.165, 1.54) is 0 Å². The number of nitrogens with zero attached hydrogens (tertiary/aromatic N) is 2. The lowest BCUT2D eigenvalue weighted by Gasteiger charge is -2.06. The highest BCUT2D eigenvalue weighted by molar-refractivity contribution is 5.83. The van der Waals surface area contributed by atoms with Crippen molar-refractivity contribution in [2.45, 2.75) is 26.7 Å². The van der Waals surface area contributed by atoms with Gasteiger partial charge < -0.3 is 5.11 Å². The molecule has 0 atom stereocenters. The Morgan fingerprint density at radius 2 is 2.12 bits per heavy atom. The number of aromatic nitrogens is 2. The minimum absolute atomic E-state index is 0.113. The molecule has 0 amide bonds. The lowest BCUT2D eigenvalue weighted by molar-refractivity contribution is -0.136. The molecule has 0 aliphatic rings. The average Bonchev–Trinajstić information content (AvgIpc) is 2.31. The van der Waals surface area contributed by atoms with Crippen LogP contribution in [0, 0.1) is 13.8 Å². The maximum atomic E-state index is 10.5. The fraction of sp³-hybridized carbons (Fsp3) is 0.308. The van der Waals surface area contributed by atoms with Gasteiger partial charge in [0.15, 0.2) is 0 Å². The summed E-state index contributed by atoms with van der Waals surface area (Å²) in [4.78, 5) is 19.3. The van der Waals surface area contributed by atoms with Crippen molar-refractivity contribution in [2.24, 2.45) is 0 Å². The number of carboxylic acids is 1. The van der Waals surface area contributed by atoms with E-state index in [-0.39, 0.29) is 6.42 Å². The Hall–Kier alpha value is -1.97. The monoisotopic (exact) mass is 230 g/mol. The Labute approximate surface area is 99.3 Å². The van der Waals surface area contributed by atoms with Crippen LogP contribution < -0.4 is 0 Å². The van der Waals surface area contributed by atoms with Crippen LogP contribution in [-0.2, 0) is 11.2 Å². The molecule has 17 heavy (non-hydrogen) atoms. The number of fused-ring (bicyclic) bond motifs is 1. The quantitative estimate of drug-likeness (QED) is 0.878. The van der Waals surface area contributed by atoms with E-state index >= 15 is 0 Å². The number of hydrogen-bond donors (Lipinski definition) is 1. The number of rotatable bonds is 3. The van der Waals surface area contributed by atoms with Crippen molar-refractivity contribution in [2.75, 3.05) is 0 Å². The molecule has 0 aromatic carbocycles. The SMILES string of the molecule is Cc1ncc(C)c2nc(CCC(=O)O)ccc12. The lowest BCUT2D eigenvalue weighted by atomic mass is 10.1. The molecule has 2 heterocycles. The van der Waals surface area contributed by atoms with Crippen LogP contribution in [0.3, 0.4) is 0 Å². The molecule has 0 bridgehead atoms. The summed E-state index contributed by atoms with van der Waals surface area (Å²) in [6.07, 6.45) is 2.37. The summed E-state index contributed by atoms with van der Waals surface area (Å²) in [5.41, 5.74) is 3.69. The predicted octanol–water partition coefficient (Wildman–Crippen LogP) is 2.26. The van der Waals surface area contributed by atoms with Crippen molar-refractivity contribution in [1.82, 2.24) is 9.97 Å². The molecule has 2 aromatic heterocycles. The van der Waals surface area contributed by atoms with E-state index in [9.17, 15) is 4.79 Å². The summed E-state index contributed by atoms with van der Waals surface area (Å²) in [6.45, 7) is 3.91. The van der Waals surface area contributed by atoms with Gasteiger partial charge in [-0.2, -0.15) is 0 Å². The van der Waals surface area contributed by atoms with Crippen molar-refractivity contribution >= 4 is 16.9 Å². The Balaban J connectivity index is 2.43. The van der Waals surface area contributed by atoms with Crippen LogP contribution >= 0.6 is 0 Å². The molecule has 0 radical (unpaired) electrons. The number of aliphatic carboxylic acids is 1. The van der Waals surface area contributed by atoms with Gasteiger partial charge in [-0.1, -0.05) is 0 Å². The topological polar surface area (TPSA) is 63.1 Å². The Morgan fingerprint density at radius 3 is 2.82 bits per heavy atom. The third kappa shape index (κ3) is 2.41. The molecule has 2 rings (SSSR count). The maximum absolute atomic E-state index is 10.5.